The van der Waals surface area contributed by atoms with Gasteiger partial charge in [-0.2, -0.15) is 0 Å². The third kappa shape index (κ3) is 5.13. The molecular formula is C20H27N5O5. The van der Waals surface area contributed by atoms with Crippen LogP contribution in [0.3, 0.4) is 0 Å². The molecule has 3 N–H and O–H groups in total. The van der Waals surface area contributed by atoms with Gasteiger partial charge in [0.1, 0.15) is 5.82 Å². The highest BCUT2D eigenvalue weighted by atomic mass is 16.6. The number of nitrogen functional groups attached to an aromatic ring is 1. The molecule has 162 valence electrons. The van der Waals surface area contributed by atoms with Crippen LogP contribution in [0.4, 0.5) is 17.2 Å². The molecule has 0 fully saturated rings. The number of para-hydroxylation sites is 1. The Labute approximate surface area is 173 Å². The summed E-state index contributed by atoms with van der Waals surface area (Å²) in [6, 6.07) is 5.95. The van der Waals surface area contributed by atoms with E-state index in [9.17, 15) is 24.5 Å². The van der Waals surface area contributed by atoms with E-state index in [-0.39, 0.29) is 48.2 Å². The van der Waals surface area contributed by atoms with E-state index in [0.717, 1.165) is 6.42 Å². The van der Waals surface area contributed by atoms with Crippen LogP contribution < -0.4 is 21.9 Å². The Morgan fingerprint density at radius 2 is 1.97 bits per heavy atom. The van der Waals surface area contributed by atoms with Crippen LogP contribution in [0.1, 0.15) is 39.2 Å². The molecule has 10 nitrogen and oxygen atoms in total. The number of unbranched alkanes of at least 4 members (excludes halogenated alkanes) is 1. The first-order chi connectivity index (χ1) is 14.2. The van der Waals surface area contributed by atoms with Crippen molar-refractivity contribution in [2.24, 2.45) is 5.92 Å². The lowest BCUT2D eigenvalue weighted by atomic mass is 10.1. The van der Waals surface area contributed by atoms with E-state index in [0.29, 0.717) is 6.42 Å². The minimum Gasteiger partial charge on any atom is -0.383 e. The molecule has 2 rings (SSSR count). The number of hydrogen-bond donors (Lipinski definition) is 2. The van der Waals surface area contributed by atoms with E-state index in [1.807, 2.05) is 20.8 Å². The van der Waals surface area contributed by atoms with Gasteiger partial charge in [0.05, 0.1) is 11.3 Å². The van der Waals surface area contributed by atoms with Crippen molar-refractivity contribution in [3.8, 4) is 0 Å². The second-order valence-electron chi connectivity index (χ2n) is 7.46. The first-order valence-corrected chi connectivity index (χ1v) is 9.82. The lowest BCUT2D eigenvalue weighted by molar-refractivity contribution is -0.385. The van der Waals surface area contributed by atoms with Gasteiger partial charge in [-0.1, -0.05) is 45.4 Å². The fraction of sp³-hybridized carbons (Fsp3) is 0.450. The molecule has 0 saturated carbocycles. The SMILES string of the molecule is CCCCN(C(=O)Cc1ccccc1[N+](=O)[O-])c1c(N)n(CC(C)C)c(=O)[nH]c1=O. The van der Waals surface area contributed by atoms with Crippen molar-refractivity contribution in [1.82, 2.24) is 9.55 Å². The fourth-order valence-corrected chi connectivity index (χ4v) is 3.16. The van der Waals surface area contributed by atoms with Gasteiger partial charge in [0.25, 0.3) is 11.2 Å². The van der Waals surface area contributed by atoms with Gasteiger partial charge in [0.15, 0.2) is 5.69 Å². The summed E-state index contributed by atoms with van der Waals surface area (Å²) in [6.45, 7) is 6.19. The fourth-order valence-electron chi connectivity index (χ4n) is 3.16. The van der Waals surface area contributed by atoms with E-state index in [2.05, 4.69) is 4.98 Å². The van der Waals surface area contributed by atoms with Crippen LogP contribution in [-0.2, 0) is 17.8 Å². The molecule has 1 heterocycles. The quantitative estimate of drug-likeness (QED) is 0.472. The Hall–Kier alpha value is -3.43. The number of aromatic nitrogens is 2. The smallest absolute Gasteiger partial charge is 0.330 e. The number of benzene rings is 1. The molecular weight excluding hydrogens is 390 g/mol. The minimum atomic E-state index is -0.760. The van der Waals surface area contributed by atoms with E-state index in [1.165, 1.54) is 27.7 Å². The first kappa shape index (κ1) is 22.9. The van der Waals surface area contributed by atoms with Gasteiger partial charge >= 0.3 is 5.69 Å². The van der Waals surface area contributed by atoms with Gasteiger partial charge < -0.3 is 10.6 Å². The van der Waals surface area contributed by atoms with Gasteiger partial charge in [-0.25, -0.2) is 4.79 Å². The summed E-state index contributed by atoms with van der Waals surface area (Å²) < 4.78 is 1.23. The van der Waals surface area contributed by atoms with Crippen molar-refractivity contribution in [3.05, 3.63) is 60.8 Å². The van der Waals surface area contributed by atoms with Crippen LogP contribution in [0, 0.1) is 16.0 Å². The molecule has 1 aromatic carbocycles. The normalized spacial score (nSPS) is 10.9. The maximum Gasteiger partial charge on any atom is 0.330 e. The summed E-state index contributed by atoms with van der Waals surface area (Å²) in [5.74, 6) is -0.523. The van der Waals surface area contributed by atoms with Gasteiger partial charge in [-0.3, -0.25) is 29.3 Å². The molecule has 0 radical (unpaired) electrons. The average molecular weight is 417 g/mol. The van der Waals surface area contributed by atoms with Crippen LogP contribution in [0.25, 0.3) is 0 Å². The number of nitro groups is 1. The summed E-state index contributed by atoms with van der Waals surface area (Å²) in [5, 5.41) is 11.3. The largest absolute Gasteiger partial charge is 0.383 e. The van der Waals surface area contributed by atoms with E-state index < -0.39 is 22.1 Å². The number of nitro benzene ring substituents is 1. The monoisotopic (exact) mass is 417 g/mol. The molecule has 0 atom stereocenters. The molecule has 0 bridgehead atoms. The van der Waals surface area contributed by atoms with Crippen LogP contribution >= 0.6 is 0 Å². The molecule has 30 heavy (non-hydrogen) atoms. The Morgan fingerprint density at radius 3 is 2.57 bits per heavy atom. The molecule has 2 aromatic rings. The van der Waals surface area contributed by atoms with Crippen molar-refractivity contribution in [2.45, 2.75) is 46.6 Å². The van der Waals surface area contributed by atoms with E-state index in [1.54, 1.807) is 6.07 Å². The zero-order chi connectivity index (χ0) is 22.4. The van der Waals surface area contributed by atoms with Crippen LogP contribution in [-0.4, -0.2) is 26.9 Å². The summed E-state index contributed by atoms with van der Waals surface area (Å²) in [7, 11) is 0. The van der Waals surface area contributed by atoms with Crippen molar-refractivity contribution < 1.29 is 9.72 Å². The summed E-state index contributed by atoms with van der Waals surface area (Å²) in [4.78, 5) is 52.1. The average Bonchev–Trinajstić information content (AvgIpc) is 2.67. The number of hydrogen-bond acceptors (Lipinski definition) is 6. The minimum absolute atomic E-state index is 0.0792. The number of rotatable bonds is 9. The number of anilines is 2. The highest BCUT2D eigenvalue weighted by Gasteiger charge is 2.26. The van der Waals surface area contributed by atoms with E-state index >= 15 is 0 Å². The first-order valence-electron chi connectivity index (χ1n) is 9.82. The Bertz CT molecular complexity index is 1040. The van der Waals surface area contributed by atoms with Gasteiger partial charge in [-0.15, -0.1) is 0 Å². The number of nitrogens with two attached hydrogens (primary N) is 1. The molecule has 1 amide bonds. The van der Waals surface area contributed by atoms with E-state index in [4.69, 9.17) is 5.73 Å². The number of nitrogens with zero attached hydrogens (tertiary/aromatic N) is 3. The molecule has 0 spiro atoms. The molecule has 1 aromatic heterocycles. The third-order valence-corrected chi connectivity index (χ3v) is 4.60. The van der Waals surface area contributed by atoms with Crippen LogP contribution in [0.2, 0.25) is 0 Å². The Balaban J connectivity index is 2.53. The number of aromatic amines is 1. The predicted octanol–water partition coefficient (Wildman–Crippen LogP) is 2.06. The summed E-state index contributed by atoms with van der Waals surface area (Å²) >= 11 is 0. The molecule has 0 saturated heterocycles. The maximum atomic E-state index is 13.1. The topological polar surface area (TPSA) is 144 Å². The summed E-state index contributed by atoms with van der Waals surface area (Å²) in [5.41, 5.74) is 4.71. The number of amides is 1. The number of carbonyl (C=O) groups excluding carboxylic acids is 1. The standard InChI is InChI=1S/C20H27N5O5/c1-4-5-10-23(16(26)11-14-8-6-7-9-15(14)25(29)30)17-18(21)24(12-13(2)3)20(28)22-19(17)27/h6-9,13H,4-5,10-12,21H2,1-3H3,(H,22,27,28). The molecule has 0 aliphatic rings. The third-order valence-electron chi connectivity index (χ3n) is 4.60. The van der Waals surface area contributed by atoms with Crippen molar-refractivity contribution in [1.29, 1.82) is 0 Å². The number of nitrogens with one attached hydrogen (secondary N) is 1. The Morgan fingerprint density at radius 1 is 1.30 bits per heavy atom. The van der Waals surface area contributed by atoms with Crippen LogP contribution in [0.15, 0.2) is 33.9 Å². The summed E-state index contributed by atoms with van der Waals surface area (Å²) in [6.07, 6.45) is 1.06. The molecule has 0 aliphatic carbocycles. The van der Waals surface area contributed by atoms with Gasteiger partial charge in [0, 0.05) is 24.7 Å². The van der Waals surface area contributed by atoms with Gasteiger partial charge in [-0.05, 0) is 12.3 Å². The molecule has 0 unspecified atom stereocenters. The second kappa shape index (κ2) is 9.86. The predicted molar refractivity (Wildman–Crippen MR) is 115 cm³/mol. The van der Waals surface area contributed by atoms with Crippen LogP contribution in [0.5, 0.6) is 0 Å². The zero-order valence-corrected chi connectivity index (χ0v) is 17.4. The zero-order valence-electron chi connectivity index (χ0n) is 17.4. The lowest BCUT2D eigenvalue weighted by Crippen LogP contribution is -2.42. The maximum absolute atomic E-state index is 13.1. The number of H-pyrrole nitrogens is 1. The highest BCUT2D eigenvalue weighted by Crippen LogP contribution is 2.23. The highest BCUT2D eigenvalue weighted by molar-refractivity contribution is 5.97. The number of carbonyl (C=O) groups is 1. The molecule has 10 heteroatoms. The molecule has 0 aliphatic heterocycles. The van der Waals surface area contributed by atoms with Crippen molar-refractivity contribution >= 4 is 23.1 Å². The lowest BCUT2D eigenvalue weighted by Gasteiger charge is -2.25. The van der Waals surface area contributed by atoms with Crippen molar-refractivity contribution in [3.63, 3.8) is 0 Å². The van der Waals surface area contributed by atoms with Gasteiger partial charge in [0.2, 0.25) is 5.91 Å². The Kier molecular flexibility index (Phi) is 7.51. The second-order valence-corrected chi connectivity index (χ2v) is 7.46. The van der Waals surface area contributed by atoms with Crippen molar-refractivity contribution in [2.75, 3.05) is 17.2 Å².